The number of hydrogen-bond acceptors (Lipinski definition) is 6. The summed E-state index contributed by atoms with van der Waals surface area (Å²) < 4.78 is 68.1. The van der Waals surface area contributed by atoms with E-state index in [0.29, 0.717) is 27.9 Å². The smallest absolute Gasteiger partial charge is 0.390 e. The molecule has 0 fully saturated rings. The van der Waals surface area contributed by atoms with E-state index in [1.165, 1.54) is 18.2 Å². The predicted octanol–water partition coefficient (Wildman–Crippen LogP) is 3.45. The van der Waals surface area contributed by atoms with E-state index in [1.54, 1.807) is 18.2 Å². The highest BCUT2D eigenvalue weighted by Crippen LogP contribution is 2.26. The molecule has 2 aromatic heterocycles. The van der Waals surface area contributed by atoms with Gasteiger partial charge in [0.15, 0.2) is 0 Å². The largest absolute Gasteiger partial charge is 0.486 e. The van der Waals surface area contributed by atoms with Gasteiger partial charge in [-0.3, -0.25) is 9.59 Å². The van der Waals surface area contributed by atoms with E-state index in [4.69, 9.17) is 4.74 Å². The number of ether oxygens (including phenoxy) is 1. The van der Waals surface area contributed by atoms with Gasteiger partial charge in [-0.05, 0) is 12.1 Å². The molecule has 0 aliphatic rings. The van der Waals surface area contributed by atoms with Crippen LogP contribution in [0.25, 0.3) is 21.8 Å². The first-order chi connectivity index (χ1) is 18.0. The van der Waals surface area contributed by atoms with Gasteiger partial charge in [0.25, 0.3) is 12.0 Å². The monoisotopic (exact) mass is 534 g/mol. The summed E-state index contributed by atoms with van der Waals surface area (Å²) >= 11 is 0. The zero-order valence-electron chi connectivity index (χ0n) is 19.5. The quantitative estimate of drug-likeness (QED) is 0.317. The number of H-pyrrole nitrogens is 1. The molecule has 0 saturated heterocycles. The molecule has 0 aliphatic heterocycles. The van der Waals surface area contributed by atoms with Crippen LogP contribution in [-0.4, -0.2) is 51.4 Å². The van der Waals surface area contributed by atoms with Gasteiger partial charge in [-0.25, -0.2) is 18.4 Å². The van der Waals surface area contributed by atoms with Gasteiger partial charge in [-0.15, -0.1) is 0 Å². The molecule has 4 rings (SSSR count). The summed E-state index contributed by atoms with van der Waals surface area (Å²) in [5.41, 5.74) is 0.547. The van der Waals surface area contributed by atoms with Gasteiger partial charge in [-0.2, -0.15) is 23.5 Å². The number of imidazole rings is 1. The van der Waals surface area contributed by atoms with Gasteiger partial charge < -0.3 is 15.0 Å². The molecule has 0 atom stereocenters. The third kappa shape index (κ3) is 6.23. The van der Waals surface area contributed by atoms with Crippen LogP contribution in [0, 0.1) is 11.3 Å². The van der Waals surface area contributed by atoms with Crippen LogP contribution in [0.3, 0.4) is 0 Å². The normalized spacial score (nSPS) is 11.7. The van der Waals surface area contributed by atoms with Crippen LogP contribution in [0.5, 0.6) is 5.75 Å². The minimum atomic E-state index is -4.44. The molecule has 2 heterocycles. The SMILES string of the molecule is N#Cc1cc2[nH]c(Cc3nn(CC(=O)NCCC(F)(F)F)c(=O)c4ccccc34)nc2cc1OCC(F)F. The molecule has 0 unspecified atom stereocenters. The number of aromatic amines is 1. The molecule has 0 spiro atoms. The van der Waals surface area contributed by atoms with E-state index in [2.05, 4.69) is 20.4 Å². The average Bonchev–Trinajstić information content (AvgIpc) is 3.25. The molecule has 0 radical (unpaired) electrons. The second kappa shape index (κ2) is 10.8. The van der Waals surface area contributed by atoms with Crippen molar-refractivity contribution >= 4 is 27.7 Å². The van der Waals surface area contributed by atoms with Crippen molar-refractivity contribution in [1.29, 1.82) is 5.26 Å². The highest BCUT2D eigenvalue weighted by atomic mass is 19.4. The molecule has 1 amide bonds. The van der Waals surface area contributed by atoms with Crippen LogP contribution in [-0.2, 0) is 17.8 Å². The van der Waals surface area contributed by atoms with Gasteiger partial charge in [0.1, 0.15) is 30.8 Å². The van der Waals surface area contributed by atoms with Crippen LogP contribution in [0.1, 0.15) is 23.5 Å². The number of rotatable bonds is 9. The number of carbonyl (C=O) groups is 1. The first-order valence-electron chi connectivity index (χ1n) is 11.2. The zero-order chi connectivity index (χ0) is 27.4. The lowest BCUT2D eigenvalue weighted by molar-refractivity contribution is -0.135. The number of halogens is 5. The number of nitrogens with one attached hydrogen (secondary N) is 2. The Bertz CT molecular complexity index is 1590. The maximum absolute atomic E-state index is 12.9. The summed E-state index contributed by atoms with van der Waals surface area (Å²) in [7, 11) is 0. The summed E-state index contributed by atoms with van der Waals surface area (Å²) in [5.74, 6) is -0.506. The van der Waals surface area contributed by atoms with Crippen molar-refractivity contribution < 1.29 is 31.5 Å². The lowest BCUT2D eigenvalue weighted by Crippen LogP contribution is -2.35. The Hall–Kier alpha value is -4.54. The number of nitrogens with zero attached hydrogens (tertiary/aromatic N) is 4. The van der Waals surface area contributed by atoms with Crippen molar-refractivity contribution in [1.82, 2.24) is 25.1 Å². The molecule has 0 bridgehead atoms. The molecule has 14 heteroatoms. The first-order valence-corrected chi connectivity index (χ1v) is 11.2. The Kier molecular flexibility index (Phi) is 7.56. The van der Waals surface area contributed by atoms with Crippen molar-refractivity contribution in [2.24, 2.45) is 0 Å². The van der Waals surface area contributed by atoms with E-state index in [1.807, 2.05) is 6.07 Å². The third-order valence-electron chi connectivity index (χ3n) is 5.42. The summed E-state index contributed by atoms with van der Waals surface area (Å²) in [5, 5.41) is 16.4. The van der Waals surface area contributed by atoms with Crippen molar-refractivity contribution in [2.45, 2.75) is 32.0 Å². The molecule has 2 N–H and O–H groups in total. The van der Waals surface area contributed by atoms with E-state index >= 15 is 0 Å². The molecule has 0 saturated carbocycles. The number of aromatic nitrogens is 4. The van der Waals surface area contributed by atoms with Gasteiger partial charge in [0, 0.05) is 18.0 Å². The molecule has 38 heavy (non-hydrogen) atoms. The number of nitriles is 1. The fourth-order valence-corrected chi connectivity index (χ4v) is 3.77. The predicted molar refractivity (Wildman–Crippen MR) is 125 cm³/mol. The van der Waals surface area contributed by atoms with Crippen LogP contribution >= 0.6 is 0 Å². The fourth-order valence-electron chi connectivity index (χ4n) is 3.77. The van der Waals surface area contributed by atoms with Crippen molar-refractivity contribution in [2.75, 3.05) is 13.2 Å². The standard InChI is InChI=1S/C24H19F5N6O3/c25-20(26)12-38-19-8-18-17(7-13(19)10-30)32-21(33-18)9-16-14-3-1-2-4-15(14)23(37)35(34-16)11-22(36)31-6-5-24(27,28)29/h1-4,7-8,20H,5-6,9,11-12H2,(H,31,36)(H,32,33). The molecule has 198 valence electrons. The second-order valence-corrected chi connectivity index (χ2v) is 8.21. The van der Waals surface area contributed by atoms with Crippen molar-refractivity contribution in [3.8, 4) is 11.8 Å². The number of fused-ring (bicyclic) bond motifs is 2. The fraction of sp³-hybridized carbons (Fsp3) is 0.292. The Labute approximate surface area is 210 Å². The van der Waals surface area contributed by atoms with E-state index in [0.717, 1.165) is 4.68 Å². The van der Waals surface area contributed by atoms with E-state index in [9.17, 15) is 36.8 Å². The minimum Gasteiger partial charge on any atom is -0.486 e. The summed E-state index contributed by atoms with van der Waals surface area (Å²) in [6.45, 7) is -2.12. The van der Waals surface area contributed by atoms with E-state index < -0.39 is 50.2 Å². The van der Waals surface area contributed by atoms with Crippen LogP contribution < -0.4 is 15.6 Å². The van der Waals surface area contributed by atoms with Crippen molar-refractivity contribution in [3.05, 3.63) is 63.8 Å². The number of carbonyl (C=O) groups excluding carboxylic acids is 1. The highest BCUT2D eigenvalue weighted by Gasteiger charge is 2.26. The lowest BCUT2D eigenvalue weighted by Gasteiger charge is -2.11. The topological polar surface area (TPSA) is 126 Å². The average molecular weight is 534 g/mol. The Morgan fingerprint density at radius 3 is 2.63 bits per heavy atom. The molecular weight excluding hydrogens is 515 g/mol. The van der Waals surface area contributed by atoms with Gasteiger partial charge in [0.2, 0.25) is 5.91 Å². The van der Waals surface area contributed by atoms with Crippen LogP contribution in [0.15, 0.2) is 41.2 Å². The zero-order valence-corrected chi connectivity index (χ0v) is 19.5. The van der Waals surface area contributed by atoms with E-state index in [-0.39, 0.29) is 23.1 Å². The molecule has 2 aromatic carbocycles. The Morgan fingerprint density at radius 1 is 1.21 bits per heavy atom. The number of hydrogen-bond donors (Lipinski definition) is 2. The minimum absolute atomic E-state index is 0.0296. The van der Waals surface area contributed by atoms with Gasteiger partial charge in [0.05, 0.1) is 40.5 Å². The van der Waals surface area contributed by atoms with Crippen molar-refractivity contribution in [3.63, 3.8) is 0 Å². The molecule has 0 aliphatic carbocycles. The second-order valence-electron chi connectivity index (χ2n) is 8.21. The molecule has 4 aromatic rings. The Morgan fingerprint density at radius 2 is 1.95 bits per heavy atom. The van der Waals surface area contributed by atoms with Gasteiger partial charge >= 0.3 is 6.18 Å². The van der Waals surface area contributed by atoms with Crippen LogP contribution in [0.2, 0.25) is 0 Å². The third-order valence-corrected chi connectivity index (χ3v) is 5.42. The summed E-state index contributed by atoms with van der Waals surface area (Å²) in [6.07, 6.45) is -8.33. The van der Waals surface area contributed by atoms with Gasteiger partial charge in [-0.1, -0.05) is 18.2 Å². The van der Waals surface area contributed by atoms with Crippen LogP contribution in [0.4, 0.5) is 22.0 Å². The maximum Gasteiger partial charge on any atom is 0.390 e. The maximum atomic E-state index is 12.9. The molecular formula is C24H19F5N6O3. The highest BCUT2D eigenvalue weighted by molar-refractivity contribution is 5.85. The lowest BCUT2D eigenvalue weighted by atomic mass is 10.1. The Balaban J connectivity index is 1.64. The summed E-state index contributed by atoms with van der Waals surface area (Å²) in [6, 6.07) is 11.1. The first kappa shape index (κ1) is 26.5. The molecule has 9 nitrogen and oxygen atoms in total. The number of alkyl halides is 5. The summed E-state index contributed by atoms with van der Waals surface area (Å²) in [4.78, 5) is 32.5. The number of amides is 1. The number of benzene rings is 2.